The van der Waals surface area contributed by atoms with Gasteiger partial charge in [-0.05, 0) is 37.3 Å². The normalized spacial score (nSPS) is 10.5. The average molecular weight is 446 g/mol. The molecule has 0 atom stereocenters. The number of halogens is 2. The lowest BCUT2D eigenvalue weighted by molar-refractivity contribution is -0.384. The zero-order chi connectivity index (χ0) is 22.5. The zero-order valence-corrected chi connectivity index (χ0v) is 17.0. The number of aryl methyl sites for hydroxylation is 1. The van der Waals surface area contributed by atoms with Crippen molar-refractivity contribution in [1.29, 1.82) is 0 Å². The van der Waals surface area contributed by atoms with Crippen molar-refractivity contribution < 1.29 is 18.9 Å². The highest BCUT2D eigenvalue weighted by molar-refractivity contribution is 6.33. The van der Waals surface area contributed by atoms with Crippen molar-refractivity contribution in [3.8, 4) is 5.69 Å². The van der Waals surface area contributed by atoms with E-state index in [1.165, 1.54) is 35.0 Å². The van der Waals surface area contributed by atoms with E-state index in [2.05, 4.69) is 15.7 Å². The number of hydrogen-bond donors (Lipinski definition) is 2. The lowest BCUT2D eigenvalue weighted by atomic mass is 10.2. The van der Waals surface area contributed by atoms with Crippen molar-refractivity contribution in [2.45, 2.75) is 13.3 Å². The van der Waals surface area contributed by atoms with E-state index < -0.39 is 16.6 Å². The second kappa shape index (κ2) is 9.35. The molecule has 0 bridgehead atoms. The van der Waals surface area contributed by atoms with Crippen molar-refractivity contribution in [2.75, 3.05) is 11.9 Å². The van der Waals surface area contributed by atoms with E-state index in [-0.39, 0.29) is 35.1 Å². The third kappa shape index (κ3) is 5.43. The van der Waals surface area contributed by atoms with Crippen LogP contribution in [-0.2, 0) is 4.79 Å². The molecule has 3 rings (SSSR count). The van der Waals surface area contributed by atoms with Gasteiger partial charge in [0.1, 0.15) is 11.6 Å². The highest BCUT2D eigenvalue weighted by atomic mass is 35.5. The number of benzene rings is 2. The molecule has 1 heterocycles. The molecule has 2 aromatic carbocycles. The van der Waals surface area contributed by atoms with E-state index in [9.17, 15) is 24.1 Å². The van der Waals surface area contributed by atoms with Crippen molar-refractivity contribution in [3.63, 3.8) is 0 Å². The van der Waals surface area contributed by atoms with Gasteiger partial charge in [0, 0.05) is 31.2 Å². The summed E-state index contributed by atoms with van der Waals surface area (Å²) < 4.78 is 14.5. The van der Waals surface area contributed by atoms with Crippen LogP contribution in [0.15, 0.2) is 48.5 Å². The summed E-state index contributed by atoms with van der Waals surface area (Å²) in [7, 11) is 0. The van der Waals surface area contributed by atoms with Crippen molar-refractivity contribution in [1.82, 2.24) is 15.1 Å². The number of aromatic nitrogens is 2. The van der Waals surface area contributed by atoms with Gasteiger partial charge < -0.3 is 10.6 Å². The number of nitro benzene ring substituents is 1. The second-order valence-electron chi connectivity index (χ2n) is 6.53. The van der Waals surface area contributed by atoms with Crippen LogP contribution in [0.2, 0.25) is 5.02 Å². The van der Waals surface area contributed by atoms with Crippen LogP contribution in [0.25, 0.3) is 5.69 Å². The quantitative estimate of drug-likeness (QED) is 0.425. The molecule has 9 nitrogen and oxygen atoms in total. The maximum atomic E-state index is 13.1. The monoisotopic (exact) mass is 445 g/mol. The maximum absolute atomic E-state index is 13.1. The summed E-state index contributed by atoms with van der Waals surface area (Å²) in [5.41, 5.74) is 1.21. The summed E-state index contributed by atoms with van der Waals surface area (Å²) in [4.78, 5) is 34.7. The Morgan fingerprint density at radius 2 is 1.90 bits per heavy atom. The van der Waals surface area contributed by atoms with Crippen LogP contribution in [0.1, 0.15) is 22.5 Å². The molecule has 2 N–H and O–H groups in total. The van der Waals surface area contributed by atoms with Gasteiger partial charge in [0.05, 0.1) is 26.9 Å². The number of carbonyl (C=O) groups is 2. The third-order valence-corrected chi connectivity index (χ3v) is 4.53. The van der Waals surface area contributed by atoms with Crippen molar-refractivity contribution in [3.05, 3.63) is 80.7 Å². The number of amides is 2. The van der Waals surface area contributed by atoms with Crippen LogP contribution in [0.4, 0.5) is 15.9 Å². The lowest BCUT2D eigenvalue weighted by Crippen LogP contribution is -2.28. The molecule has 31 heavy (non-hydrogen) atoms. The van der Waals surface area contributed by atoms with Gasteiger partial charge in [-0.3, -0.25) is 19.7 Å². The number of non-ortho nitro benzene ring substituents is 1. The van der Waals surface area contributed by atoms with Gasteiger partial charge in [-0.1, -0.05) is 11.6 Å². The Kier molecular flexibility index (Phi) is 6.61. The molecular weight excluding hydrogens is 429 g/mol. The second-order valence-corrected chi connectivity index (χ2v) is 6.94. The standard InChI is InChI=1S/C20H17ClFN5O4/c1-12-10-18(26(25-12)14-3-5-15(6-4-14)27(30)31)24-19(28)8-9-23-20(29)16-7-2-13(22)11-17(16)21/h2-7,10-11H,8-9H2,1H3,(H,23,29)(H,24,28). The molecule has 0 fully saturated rings. The minimum atomic E-state index is -0.555. The number of rotatable bonds is 7. The minimum absolute atomic E-state index is 0.0237. The van der Waals surface area contributed by atoms with Gasteiger partial charge in [0.15, 0.2) is 0 Å². The number of anilines is 1. The van der Waals surface area contributed by atoms with Crippen LogP contribution in [0.5, 0.6) is 0 Å². The van der Waals surface area contributed by atoms with Crippen LogP contribution in [0, 0.1) is 22.9 Å². The molecule has 0 spiro atoms. The Labute approximate surface area is 181 Å². The van der Waals surface area contributed by atoms with E-state index >= 15 is 0 Å². The van der Waals surface area contributed by atoms with Gasteiger partial charge in [-0.15, -0.1) is 0 Å². The molecular formula is C20H17ClFN5O4. The van der Waals surface area contributed by atoms with Crippen LogP contribution >= 0.6 is 11.6 Å². The summed E-state index contributed by atoms with van der Waals surface area (Å²) in [5.74, 6) is -1.08. The SMILES string of the molecule is Cc1cc(NC(=O)CCNC(=O)c2ccc(F)cc2Cl)n(-c2ccc([N+](=O)[O-])cc2)n1. The number of nitro groups is 1. The Morgan fingerprint density at radius 1 is 1.19 bits per heavy atom. The Morgan fingerprint density at radius 3 is 2.55 bits per heavy atom. The molecule has 0 aliphatic rings. The average Bonchev–Trinajstić information content (AvgIpc) is 3.07. The summed E-state index contributed by atoms with van der Waals surface area (Å²) in [5, 5.41) is 20.3. The number of hydrogen-bond acceptors (Lipinski definition) is 5. The van der Waals surface area contributed by atoms with Gasteiger partial charge in [-0.2, -0.15) is 5.10 Å². The molecule has 0 radical (unpaired) electrons. The Hall–Kier alpha value is -3.79. The summed E-state index contributed by atoms with van der Waals surface area (Å²) >= 11 is 5.85. The van der Waals surface area contributed by atoms with Crippen molar-refractivity contribution >= 4 is 34.9 Å². The van der Waals surface area contributed by atoms with Gasteiger partial charge >= 0.3 is 0 Å². The fourth-order valence-electron chi connectivity index (χ4n) is 2.76. The number of nitrogens with zero attached hydrogens (tertiary/aromatic N) is 3. The summed E-state index contributed by atoms with van der Waals surface area (Å²) in [6.45, 7) is 1.77. The first-order chi connectivity index (χ1) is 14.7. The predicted molar refractivity (Wildman–Crippen MR) is 112 cm³/mol. The molecule has 0 aliphatic carbocycles. The number of nitrogens with one attached hydrogen (secondary N) is 2. The zero-order valence-electron chi connectivity index (χ0n) is 16.3. The Bertz CT molecular complexity index is 1150. The first-order valence-electron chi connectivity index (χ1n) is 9.09. The van der Waals surface area contributed by atoms with E-state index in [0.717, 1.165) is 12.1 Å². The van der Waals surface area contributed by atoms with E-state index in [4.69, 9.17) is 11.6 Å². The van der Waals surface area contributed by atoms with E-state index in [1.807, 2.05) is 0 Å². The lowest BCUT2D eigenvalue weighted by Gasteiger charge is -2.10. The fraction of sp³-hybridized carbons (Fsp3) is 0.150. The van der Waals surface area contributed by atoms with Crippen LogP contribution in [-0.4, -0.2) is 33.1 Å². The van der Waals surface area contributed by atoms with Crippen LogP contribution < -0.4 is 10.6 Å². The van der Waals surface area contributed by atoms with E-state index in [0.29, 0.717) is 17.2 Å². The van der Waals surface area contributed by atoms with Crippen LogP contribution in [0.3, 0.4) is 0 Å². The highest BCUT2D eigenvalue weighted by Gasteiger charge is 2.14. The summed E-state index contributed by atoms with van der Waals surface area (Å²) in [6, 6.07) is 10.8. The molecule has 0 saturated carbocycles. The predicted octanol–water partition coefficient (Wildman–Crippen LogP) is 3.64. The smallest absolute Gasteiger partial charge is 0.269 e. The molecule has 0 unspecified atom stereocenters. The molecule has 0 aliphatic heterocycles. The highest BCUT2D eigenvalue weighted by Crippen LogP contribution is 2.20. The van der Waals surface area contributed by atoms with E-state index in [1.54, 1.807) is 13.0 Å². The largest absolute Gasteiger partial charge is 0.351 e. The molecule has 1 aromatic heterocycles. The fourth-order valence-corrected chi connectivity index (χ4v) is 3.02. The molecule has 3 aromatic rings. The topological polar surface area (TPSA) is 119 Å². The van der Waals surface area contributed by atoms with Gasteiger partial charge in [-0.25, -0.2) is 9.07 Å². The van der Waals surface area contributed by atoms with Gasteiger partial charge in [0.2, 0.25) is 5.91 Å². The molecule has 11 heteroatoms. The molecule has 2 amide bonds. The van der Waals surface area contributed by atoms with Crippen molar-refractivity contribution in [2.24, 2.45) is 0 Å². The first-order valence-corrected chi connectivity index (χ1v) is 9.47. The molecule has 160 valence electrons. The summed E-state index contributed by atoms with van der Waals surface area (Å²) in [6.07, 6.45) is -0.0327. The number of carbonyl (C=O) groups excluding carboxylic acids is 2. The van der Waals surface area contributed by atoms with Gasteiger partial charge in [0.25, 0.3) is 11.6 Å². The Balaban J connectivity index is 1.61. The minimum Gasteiger partial charge on any atom is -0.351 e. The third-order valence-electron chi connectivity index (χ3n) is 4.22. The maximum Gasteiger partial charge on any atom is 0.269 e. The molecule has 0 saturated heterocycles. The first kappa shape index (κ1) is 21.9.